The van der Waals surface area contributed by atoms with Gasteiger partial charge in [-0.25, -0.2) is 0 Å². The number of carbonyl (C=O) groups excluding carboxylic acids is 2. The third-order valence-corrected chi connectivity index (χ3v) is 6.53. The molecule has 1 N–H and O–H groups in total. The number of rotatable bonds is 5. The first-order valence-electron chi connectivity index (χ1n) is 10.7. The number of ether oxygens (including phenoxy) is 2. The molecule has 0 aliphatic carbocycles. The van der Waals surface area contributed by atoms with Gasteiger partial charge in [-0.05, 0) is 48.9 Å². The molecule has 6 nitrogen and oxygen atoms in total. The molecule has 1 amide bonds. The Labute approximate surface area is 199 Å². The first-order valence-corrected chi connectivity index (χ1v) is 11.5. The first kappa shape index (κ1) is 24.2. The van der Waals surface area contributed by atoms with Gasteiger partial charge in [-0.1, -0.05) is 17.8 Å². The summed E-state index contributed by atoms with van der Waals surface area (Å²) in [7, 11) is 0. The number of fused-ring (bicyclic) bond motifs is 1. The van der Waals surface area contributed by atoms with Crippen LogP contribution in [0.2, 0.25) is 0 Å². The molecule has 10 heteroatoms. The summed E-state index contributed by atoms with van der Waals surface area (Å²) in [6, 6.07) is 8.37. The Morgan fingerprint density at radius 1 is 1.12 bits per heavy atom. The van der Waals surface area contributed by atoms with E-state index in [0.717, 1.165) is 17.8 Å². The zero-order chi connectivity index (χ0) is 24.3. The number of carbonyl (C=O) groups is 2. The summed E-state index contributed by atoms with van der Waals surface area (Å²) in [6.07, 6.45) is -2.03. The highest BCUT2D eigenvalue weighted by atomic mass is 32.2. The van der Waals surface area contributed by atoms with Crippen LogP contribution < -0.4 is 14.8 Å². The van der Waals surface area contributed by atoms with Crippen LogP contribution in [0.25, 0.3) is 6.08 Å². The van der Waals surface area contributed by atoms with E-state index >= 15 is 0 Å². The van der Waals surface area contributed by atoms with Crippen molar-refractivity contribution in [1.82, 2.24) is 10.2 Å². The quantitative estimate of drug-likeness (QED) is 0.636. The summed E-state index contributed by atoms with van der Waals surface area (Å²) in [6.45, 7) is 3.49. The van der Waals surface area contributed by atoms with E-state index in [9.17, 15) is 22.8 Å². The van der Waals surface area contributed by atoms with Crippen LogP contribution in [-0.4, -0.2) is 55.5 Å². The van der Waals surface area contributed by atoms with Gasteiger partial charge in [-0.2, -0.15) is 13.2 Å². The molecule has 2 aromatic rings. The summed E-state index contributed by atoms with van der Waals surface area (Å²) in [5, 5.41) is 3.06. The molecular weight excluding hydrogens is 469 g/mol. The average molecular weight is 493 g/mol. The van der Waals surface area contributed by atoms with Gasteiger partial charge in [0, 0.05) is 35.5 Å². The van der Waals surface area contributed by atoms with Crippen LogP contribution in [0.5, 0.6) is 11.5 Å². The molecule has 0 bridgehead atoms. The van der Waals surface area contributed by atoms with Gasteiger partial charge in [-0.3, -0.25) is 9.59 Å². The van der Waals surface area contributed by atoms with E-state index < -0.39 is 23.7 Å². The minimum absolute atomic E-state index is 0.0337. The smallest absolute Gasteiger partial charge is 0.417 e. The summed E-state index contributed by atoms with van der Waals surface area (Å²) >= 11 is 0.974. The standard InChI is InChI=1S/C24H23F3N2O4S/c1-15(30)19-14-28-8-9-29(19)23(31)7-3-16-2-6-22(18(12-16)24(25,26)27)34-17-4-5-20-21(13-17)33-11-10-32-20/h2-7,12-13,19,28H,8-11,14H2,1H3/b7-3+. The summed E-state index contributed by atoms with van der Waals surface area (Å²) in [5.74, 6) is 0.506. The van der Waals surface area contributed by atoms with Crippen LogP contribution in [0.15, 0.2) is 52.3 Å². The van der Waals surface area contributed by atoms with Gasteiger partial charge < -0.3 is 19.7 Å². The second-order valence-electron chi connectivity index (χ2n) is 7.86. The van der Waals surface area contributed by atoms with Gasteiger partial charge in [-0.15, -0.1) is 0 Å². The Hall–Kier alpha value is -2.98. The van der Waals surface area contributed by atoms with Crippen molar-refractivity contribution in [3.8, 4) is 11.5 Å². The fourth-order valence-electron chi connectivity index (χ4n) is 3.77. The van der Waals surface area contributed by atoms with Crippen LogP contribution in [0, 0.1) is 0 Å². The number of benzene rings is 2. The van der Waals surface area contributed by atoms with Crippen molar-refractivity contribution in [3.05, 3.63) is 53.6 Å². The highest BCUT2D eigenvalue weighted by Gasteiger charge is 2.34. The molecule has 2 aliphatic heterocycles. The maximum absolute atomic E-state index is 13.8. The Morgan fingerprint density at radius 3 is 2.62 bits per heavy atom. The molecule has 34 heavy (non-hydrogen) atoms. The highest BCUT2D eigenvalue weighted by Crippen LogP contribution is 2.42. The summed E-state index contributed by atoms with van der Waals surface area (Å²) in [5.41, 5.74) is -0.563. The number of amides is 1. The number of nitrogens with zero attached hydrogens (tertiary/aromatic N) is 1. The Morgan fingerprint density at radius 2 is 1.88 bits per heavy atom. The van der Waals surface area contributed by atoms with Crippen LogP contribution in [0.4, 0.5) is 13.2 Å². The third-order valence-electron chi connectivity index (χ3n) is 5.46. The van der Waals surface area contributed by atoms with Gasteiger partial charge in [0.05, 0.1) is 5.56 Å². The highest BCUT2D eigenvalue weighted by molar-refractivity contribution is 7.99. The molecule has 1 fully saturated rings. The van der Waals surface area contributed by atoms with Gasteiger partial charge in [0.1, 0.15) is 19.3 Å². The van der Waals surface area contributed by atoms with Gasteiger partial charge in [0.2, 0.25) is 5.91 Å². The lowest BCUT2D eigenvalue weighted by Gasteiger charge is -2.33. The van der Waals surface area contributed by atoms with E-state index in [1.807, 2.05) is 0 Å². The lowest BCUT2D eigenvalue weighted by molar-refractivity contribution is -0.139. The minimum Gasteiger partial charge on any atom is -0.486 e. The molecule has 2 aromatic carbocycles. The Bertz CT molecular complexity index is 1120. The van der Waals surface area contributed by atoms with E-state index in [1.165, 1.54) is 36.1 Å². The molecule has 1 saturated heterocycles. The van der Waals surface area contributed by atoms with Crippen LogP contribution in [-0.2, 0) is 15.8 Å². The minimum atomic E-state index is -4.58. The zero-order valence-electron chi connectivity index (χ0n) is 18.4. The molecule has 2 heterocycles. The van der Waals surface area contributed by atoms with Crippen molar-refractivity contribution in [1.29, 1.82) is 0 Å². The largest absolute Gasteiger partial charge is 0.486 e. The van der Waals surface area contributed by atoms with Gasteiger partial charge in [0.25, 0.3) is 0 Å². The van der Waals surface area contributed by atoms with E-state index in [0.29, 0.717) is 49.2 Å². The first-order chi connectivity index (χ1) is 16.2. The molecule has 0 radical (unpaired) electrons. The SMILES string of the molecule is CC(=O)C1CNCCN1C(=O)/C=C/c1ccc(Sc2ccc3c(c2)OCCO3)c(C(F)(F)F)c1. The van der Waals surface area contributed by atoms with Crippen molar-refractivity contribution in [2.24, 2.45) is 0 Å². The van der Waals surface area contributed by atoms with Gasteiger partial charge >= 0.3 is 6.18 Å². The number of Topliss-reactive ketones (excluding diaryl/α,β-unsaturated/α-hetero) is 1. The predicted molar refractivity (Wildman–Crippen MR) is 121 cm³/mol. The van der Waals surface area contributed by atoms with Crippen molar-refractivity contribution in [2.75, 3.05) is 32.8 Å². The maximum Gasteiger partial charge on any atom is 0.417 e. The Balaban J connectivity index is 1.55. The maximum atomic E-state index is 13.8. The lowest BCUT2D eigenvalue weighted by Crippen LogP contribution is -2.56. The monoisotopic (exact) mass is 492 g/mol. The molecule has 0 saturated carbocycles. The summed E-state index contributed by atoms with van der Waals surface area (Å²) < 4.78 is 52.5. The number of hydrogen-bond acceptors (Lipinski definition) is 6. The van der Waals surface area contributed by atoms with Crippen LogP contribution in [0.3, 0.4) is 0 Å². The molecular formula is C24H23F3N2O4S. The van der Waals surface area contributed by atoms with E-state index in [-0.39, 0.29) is 16.2 Å². The molecule has 180 valence electrons. The number of halogens is 3. The van der Waals surface area contributed by atoms with E-state index in [2.05, 4.69) is 5.32 Å². The van der Waals surface area contributed by atoms with Crippen molar-refractivity contribution < 1.29 is 32.2 Å². The third kappa shape index (κ3) is 5.56. The van der Waals surface area contributed by atoms with Crippen molar-refractivity contribution in [3.63, 3.8) is 0 Å². The lowest BCUT2D eigenvalue weighted by atomic mass is 10.1. The fourth-order valence-corrected chi connectivity index (χ4v) is 4.75. The molecule has 4 rings (SSSR count). The molecule has 1 unspecified atom stereocenters. The fraction of sp³-hybridized carbons (Fsp3) is 0.333. The molecule has 0 spiro atoms. The van der Waals surface area contributed by atoms with E-state index in [4.69, 9.17) is 9.47 Å². The number of alkyl halides is 3. The van der Waals surface area contributed by atoms with Crippen molar-refractivity contribution >= 4 is 29.5 Å². The van der Waals surface area contributed by atoms with Gasteiger partial charge in [0.15, 0.2) is 17.3 Å². The van der Waals surface area contributed by atoms with E-state index in [1.54, 1.807) is 18.2 Å². The van der Waals surface area contributed by atoms with Crippen molar-refractivity contribution in [2.45, 2.75) is 28.9 Å². The zero-order valence-corrected chi connectivity index (χ0v) is 19.2. The number of ketones is 1. The number of hydrogen-bond donors (Lipinski definition) is 1. The van der Waals surface area contributed by atoms with Crippen LogP contribution >= 0.6 is 11.8 Å². The second kappa shape index (κ2) is 10.1. The summed E-state index contributed by atoms with van der Waals surface area (Å²) in [4.78, 5) is 26.5. The number of piperazine rings is 1. The average Bonchev–Trinajstić information content (AvgIpc) is 2.82. The molecule has 2 aliphatic rings. The molecule has 1 atom stereocenters. The normalized spacial score (nSPS) is 18.2. The number of nitrogens with one attached hydrogen (secondary N) is 1. The second-order valence-corrected chi connectivity index (χ2v) is 8.97. The molecule has 0 aromatic heterocycles. The topological polar surface area (TPSA) is 67.9 Å². The van der Waals surface area contributed by atoms with Crippen LogP contribution in [0.1, 0.15) is 18.1 Å². The predicted octanol–water partition coefficient (Wildman–Crippen LogP) is 4.03. The Kier molecular flexibility index (Phi) is 7.18.